The van der Waals surface area contributed by atoms with E-state index in [0.29, 0.717) is 6.54 Å². The molecule has 1 saturated heterocycles. The standard InChI is InChI=1S/C28H38N2O5/c1-17(2)35-27(33)30-24(19-11-9-8-10-12-19)23(22(28(4,5)6)25(30)26(31)32)29-16-20-15-18(3)13-14-21(20)34-7/h8-15,17,22-25,29H,16H2,1-7H3,(H,31,32)/t22-,23-,24-,25-/m1/s1. The van der Waals surface area contributed by atoms with Crippen LogP contribution in [0.5, 0.6) is 5.75 Å². The average Bonchev–Trinajstić information content (AvgIpc) is 3.14. The molecule has 0 saturated carbocycles. The number of carboxylic acids is 1. The number of carbonyl (C=O) groups excluding carboxylic acids is 1. The zero-order chi connectivity index (χ0) is 25.9. The van der Waals surface area contributed by atoms with Crippen molar-refractivity contribution in [2.24, 2.45) is 11.3 Å². The molecule has 0 aromatic heterocycles. The number of nitrogens with zero attached hydrogens (tertiary/aromatic N) is 1. The molecule has 2 N–H and O–H groups in total. The second kappa shape index (κ2) is 10.7. The van der Waals surface area contributed by atoms with Gasteiger partial charge in [-0.2, -0.15) is 0 Å². The maximum absolute atomic E-state index is 13.4. The van der Waals surface area contributed by atoms with E-state index in [1.165, 1.54) is 4.90 Å². The van der Waals surface area contributed by atoms with Gasteiger partial charge in [0.25, 0.3) is 0 Å². The van der Waals surface area contributed by atoms with E-state index >= 15 is 0 Å². The van der Waals surface area contributed by atoms with Crippen molar-refractivity contribution in [3.8, 4) is 5.75 Å². The molecular weight excluding hydrogens is 444 g/mol. The van der Waals surface area contributed by atoms with Gasteiger partial charge < -0.3 is 19.9 Å². The van der Waals surface area contributed by atoms with Crippen LogP contribution in [-0.2, 0) is 16.1 Å². The number of nitrogens with one attached hydrogen (secondary N) is 1. The number of amides is 1. The summed E-state index contributed by atoms with van der Waals surface area (Å²) in [5, 5.41) is 14.0. The van der Waals surface area contributed by atoms with Crippen LogP contribution in [-0.4, -0.2) is 47.4 Å². The van der Waals surface area contributed by atoms with E-state index in [2.05, 4.69) is 11.4 Å². The molecule has 2 aromatic rings. The van der Waals surface area contributed by atoms with Gasteiger partial charge in [0.2, 0.25) is 0 Å². The summed E-state index contributed by atoms with van der Waals surface area (Å²) in [4.78, 5) is 27.5. The van der Waals surface area contributed by atoms with Gasteiger partial charge in [-0.25, -0.2) is 9.59 Å². The third-order valence-corrected chi connectivity index (χ3v) is 6.57. The molecular formula is C28H38N2O5. The Balaban J connectivity index is 2.13. The quantitative estimate of drug-likeness (QED) is 0.565. The first-order chi connectivity index (χ1) is 16.5. The smallest absolute Gasteiger partial charge is 0.411 e. The second-order valence-electron chi connectivity index (χ2n) is 10.6. The second-order valence-corrected chi connectivity index (χ2v) is 10.6. The van der Waals surface area contributed by atoms with Crippen molar-refractivity contribution in [1.82, 2.24) is 10.2 Å². The Morgan fingerprint density at radius 2 is 1.77 bits per heavy atom. The lowest BCUT2D eigenvalue weighted by atomic mass is 9.72. The van der Waals surface area contributed by atoms with E-state index in [1.807, 2.05) is 70.2 Å². The van der Waals surface area contributed by atoms with Crippen LogP contribution in [0.1, 0.15) is 57.4 Å². The molecule has 0 aliphatic carbocycles. The largest absolute Gasteiger partial charge is 0.496 e. The van der Waals surface area contributed by atoms with Crippen LogP contribution in [0.4, 0.5) is 4.79 Å². The van der Waals surface area contributed by atoms with Crippen molar-refractivity contribution >= 4 is 12.1 Å². The molecule has 3 rings (SSSR count). The third kappa shape index (κ3) is 5.78. The number of carboxylic acid groups (broad SMARTS) is 1. The van der Waals surface area contributed by atoms with E-state index in [4.69, 9.17) is 9.47 Å². The van der Waals surface area contributed by atoms with Gasteiger partial charge in [0.1, 0.15) is 11.8 Å². The molecule has 1 heterocycles. The van der Waals surface area contributed by atoms with Crippen molar-refractivity contribution in [3.05, 3.63) is 65.2 Å². The number of carbonyl (C=O) groups is 2. The summed E-state index contributed by atoms with van der Waals surface area (Å²) >= 11 is 0. The first-order valence-electron chi connectivity index (χ1n) is 12.1. The van der Waals surface area contributed by atoms with Gasteiger partial charge in [-0.1, -0.05) is 68.8 Å². The molecule has 0 unspecified atom stereocenters. The molecule has 2 aromatic carbocycles. The van der Waals surface area contributed by atoms with Crippen molar-refractivity contribution in [3.63, 3.8) is 0 Å². The van der Waals surface area contributed by atoms with E-state index in [0.717, 1.165) is 22.4 Å². The van der Waals surface area contributed by atoms with Gasteiger partial charge in [-0.15, -0.1) is 0 Å². The van der Waals surface area contributed by atoms with Crippen LogP contribution in [0, 0.1) is 18.3 Å². The number of likely N-dealkylation sites (tertiary alicyclic amines) is 1. The average molecular weight is 483 g/mol. The number of rotatable bonds is 7. The zero-order valence-corrected chi connectivity index (χ0v) is 21.7. The molecule has 35 heavy (non-hydrogen) atoms. The monoisotopic (exact) mass is 482 g/mol. The van der Waals surface area contributed by atoms with E-state index in [9.17, 15) is 14.7 Å². The predicted molar refractivity (Wildman–Crippen MR) is 135 cm³/mol. The van der Waals surface area contributed by atoms with E-state index in [-0.39, 0.29) is 18.1 Å². The number of methoxy groups -OCH3 is 1. The molecule has 1 amide bonds. The fourth-order valence-corrected chi connectivity index (χ4v) is 5.22. The normalized spacial score (nSPS) is 22.3. The molecule has 1 fully saturated rings. The Morgan fingerprint density at radius 1 is 1.11 bits per heavy atom. The highest BCUT2D eigenvalue weighted by Gasteiger charge is 2.58. The van der Waals surface area contributed by atoms with Crippen LogP contribution in [0.2, 0.25) is 0 Å². The highest BCUT2D eigenvalue weighted by molar-refractivity contribution is 5.82. The zero-order valence-electron chi connectivity index (χ0n) is 21.7. The maximum Gasteiger partial charge on any atom is 0.411 e. The number of benzene rings is 2. The molecule has 7 nitrogen and oxygen atoms in total. The lowest BCUT2D eigenvalue weighted by Gasteiger charge is -2.35. The first kappa shape index (κ1) is 26.5. The maximum atomic E-state index is 13.4. The summed E-state index contributed by atoms with van der Waals surface area (Å²) in [5.74, 6) is -0.666. The Kier molecular flexibility index (Phi) is 8.11. The fraction of sp³-hybridized carbons (Fsp3) is 0.500. The summed E-state index contributed by atoms with van der Waals surface area (Å²) in [6.45, 7) is 12.1. The molecule has 190 valence electrons. The minimum Gasteiger partial charge on any atom is -0.496 e. The number of hydrogen-bond donors (Lipinski definition) is 2. The lowest BCUT2D eigenvalue weighted by molar-refractivity contribution is -0.144. The van der Waals surface area contributed by atoms with Crippen molar-refractivity contribution in [2.45, 2.75) is 72.3 Å². The lowest BCUT2D eigenvalue weighted by Crippen LogP contribution is -2.48. The molecule has 0 radical (unpaired) electrons. The summed E-state index contributed by atoms with van der Waals surface area (Å²) < 4.78 is 11.1. The molecule has 0 bridgehead atoms. The van der Waals surface area contributed by atoms with Crippen LogP contribution < -0.4 is 10.1 Å². The molecule has 1 aliphatic rings. The minimum atomic E-state index is -1.05. The highest BCUT2D eigenvalue weighted by atomic mass is 16.6. The third-order valence-electron chi connectivity index (χ3n) is 6.57. The number of hydrogen-bond acceptors (Lipinski definition) is 5. The van der Waals surface area contributed by atoms with Gasteiger partial charge in [-0.3, -0.25) is 4.90 Å². The van der Waals surface area contributed by atoms with Gasteiger partial charge >= 0.3 is 12.1 Å². The number of ether oxygens (including phenoxy) is 2. The summed E-state index contributed by atoms with van der Waals surface area (Å²) in [6.07, 6.45) is -0.988. The minimum absolute atomic E-state index is 0.344. The Labute approximate surface area is 208 Å². The van der Waals surface area contributed by atoms with Crippen LogP contribution in [0.3, 0.4) is 0 Å². The summed E-state index contributed by atoms with van der Waals surface area (Å²) in [6, 6.07) is 13.7. The highest BCUT2D eigenvalue weighted by Crippen LogP contribution is 2.48. The molecule has 1 aliphatic heterocycles. The van der Waals surface area contributed by atoms with Crippen molar-refractivity contribution in [1.29, 1.82) is 0 Å². The Hall–Kier alpha value is -3.06. The first-order valence-corrected chi connectivity index (χ1v) is 12.1. The molecule has 4 atom stereocenters. The van der Waals surface area contributed by atoms with E-state index in [1.54, 1.807) is 21.0 Å². The number of aryl methyl sites for hydroxylation is 1. The van der Waals surface area contributed by atoms with Crippen molar-refractivity contribution < 1.29 is 24.2 Å². The molecule has 7 heteroatoms. The Bertz CT molecular complexity index is 1030. The van der Waals surface area contributed by atoms with Crippen LogP contribution in [0.25, 0.3) is 0 Å². The van der Waals surface area contributed by atoms with E-state index < -0.39 is 29.6 Å². The predicted octanol–water partition coefficient (Wildman–Crippen LogP) is 5.18. The number of aliphatic carboxylic acids is 1. The Morgan fingerprint density at radius 3 is 2.31 bits per heavy atom. The van der Waals surface area contributed by atoms with Gasteiger partial charge in [0, 0.05) is 24.1 Å². The van der Waals surface area contributed by atoms with Gasteiger partial charge in [0.15, 0.2) is 0 Å². The van der Waals surface area contributed by atoms with Gasteiger partial charge in [-0.05, 0) is 37.8 Å². The SMILES string of the molecule is COc1ccc(C)cc1CN[C@@H]1[C@@H](C(C)(C)C)[C@H](C(=O)O)N(C(=O)OC(C)C)[C@@H]1c1ccccc1. The van der Waals surface area contributed by atoms with Crippen LogP contribution >= 0.6 is 0 Å². The van der Waals surface area contributed by atoms with Crippen LogP contribution in [0.15, 0.2) is 48.5 Å². The summed E-state index contributed by atoms with van der Waals surface area (Å²) in [5.41, 5.74) is 2.52. The summed E-state index contributed by atoms with van der Waals surface area (Å²) in [7, 11) is 1.64. The molecule has 0 spiro atoms. The fourth-order valence-electron chi connectivity index (χ4n) is 5.22. The van der Waals surface area contributed by atoms with Gasteiger partial charge in [0.05, 0.1) is 19.3 Å². The van der Waals surface area contributed by atoms with Crippen molar-refractivity contribution in [2.75, 3.05) is 7.11 Å². The topological polar surface area (TPSA) is 88.1 Å².